The zero-order valence-electron chi connectivity index (χ0n) is 12.3. The van der Waals surface area contributed by atoms with Crippen molar-refractivity contribution in [3.8, 4) is 0 Å². The van der Waals surface area contributed by atoms with E-state index in [9.17, 15) is 4.79 Å². The van der Waals surface area contributed by atoms with Crippen LogP contribution in [0.25, 0.3) is 0 Å². The van der Waals surface area contributed by atoms with E-state index in [4.69, 9.17) is 4.74 Å². The second-order valence-corrected chi connectivity index (χ2v) is 5.35. The smallest absolute Gasteiger partial charge is 0.227 e. The molecule has 0 aromatic heterocycles. The van der Waals surface area contributed by atoms with E-state index in [0.717, 1.165) is 18.5 Å². The third kappa shape index (κ3) is 3.81. The van der Waals surface area contributed by atoms with Crippen LogP contribution in [0.3, 0.4) is 0 Å². The Bertz CT molecular complexity index is 422. The summed E-state index contributed by atoms with van der Waals surface area (Å²) in [5, 5.41) is 6.48. The Morgan fingerprint density at radius 1 is 1.35 bits per heavy atom. The lowest BCUT2D eigenvalue weighted by Crippen LogP contribution is -2.44. The minimum atomic E-state index is -0.0901. The van der Waals surface area contributed by atoms with E-state index in [-0.39, 0.29) is 23.9 Å². The third-order valence-electron chi connectivity index (χ3n) is 3.73. The van der Waals surface area contributed by atoms with E-state index in [2.05, 4.69) is 17.6 Å². The van der Waals surface area contributed by atoms with Crippen LogP contribution in [0.2, 0.25) is 0 Å². The first kappa shape index (κ1) is 15.0. The highest BCUT2D eigenvalue weighted by Gasteiger charge is 2.34. The van der Waals surface area contributed by atoms with Gasteiger partial charge in [0, 0.05) is 6.04 Å². The van der Waals surface area contributed by atoms with Crippen LogP contribution in [0, 0.1) is 5.92 Å². The van der Waals surface area contributed by atoms with Gasteiger partial charge in [0.15, 0.2) is 0 Å². The zero-order valence-corrected chi connectivity index (χ0v) is 12.3. The molecule has 20 heavy (non-hydrogen) atoms. The lowest BCUT2D eigenvalue weighted by Gasteiger charge is -2.21. The molecule has 1 heterocycles. The summed E-state index contributed by atoms with van der Waals surface area (Å²) < 4.78 is 5.45. The molecule has 0 radical (unpaired) electrons. The number of carbonyl (C=O) groups is 1. The van der Waals surface area contributed by atoms with Gasteiger partial charge in [-0.1, -0.05) is 37.3 Å². The summed E-state index contributed by atoms with van der Waals surface area (Å²) in [6.45, 7) is 6.19. The molecule has 0 aliphatic carbocycles. The van der Waals surface area contributed by atoms with Crippen molar-refractivity contribution in [2.24, 2.45) is 5.92 Å². The summed E-state index contributed by atoms with van der Waals surface area (Å²) in [6.07, 6.45) is 1.06. The van der Waals surface area contributed by atoms with Gasteiger partial charge in [-0.3, -0.25) is 4.79 Å². The molecule has 1 saturated heterocycles. The fourth-order valence-corrected chi connectivity index (χ4v) is 2.49. The van der Waals surface area contributed by atoms with Gasteiger partial charge in [-0.2, -0.15) is 0 Å². The highest BCUT2D eigenvalue weighted by molar-refractivity contribution is 5.80. The van der Waals surface area contributed by atoms with Crippen molar-refractivity contribution >= 4 is 5.91 Å². The molecule has 1 amide bonds. The third-order valence-corrected chi connectivity index (χ3v) is 3.73. The van der Waals surface area contributed by atoms with Crippen LogP contribution in [0.4, 0.5) is 0 Å². The van der Waals surface area contributed by atoms with Crippen molar-refractivity contribution < 1.29 is 9.53 Å². The first-order valence-corrected chi connectivity index (χ1v) is 7.38. The number of hydrogen-bond acceptors (Lipinski definition) is 3. The Balaban J connectivity index is 1.90. The maximum Gasteiger partial charge on any atom is 0.227 e. The summed E-state index contributed by atoms with van der Waals surface area (Å²) in [4.78, 5) is 12.4. The molecule has 1 aliphatic heterocycles. The molecule has 1 fully saturated rings. The molecule has 1 aliphatic rings. The van der Waals surface area contributed by atoms with Crippen LogP contribution in [0.1, 0.15) is 31.9 Å². The molecule has 2 N–H and O–H groups in total. The van der Waals surface area contributed by atoms with Crippen molar-refractivity contribution in [1.29, 1.82) is 0 Å². The van der Waals surface area contributed by atoms with Gasteiger partial charge in [0.1, 0.15) is 0 Å². The van der Waals surface area contributed by atoms with Crippen LogP contribution < -0.4 is 10.6 Å². The van der Waals surface area contributed by atoms with Gasteiger partial charge < -0.3 is 15.4 Å². The van der Waals surface area contributed by atoms with Gasteiger partial charge in [0.2, 0.25) is 5.91 Å². The predicted octanol–water partition coefficient (Wildman–Crippen LogP) is 1.88. The molecular formula is C16H24N2O2. The van der Waals surface area contributed by atoms with Gasteiger partial charge in [-0.25, -0.2) is 0 Å². The van der Waals surface area contributed by atoms with Gasteiger partial charge >= 0.3 is 0 Å². The molecule has 4 nitrogen and oxygen atoms in total. The molecule has 3 unspecified atom stereocenters. The number of ether oxygens (including phenoxy) is 1. The average Bonchev–Trinajstić information content (AvgIpc) is 2.94. The standard InChI is InChI=1S/C16H24N2O2/c1-3-9-17-15-11-20-10-14(15)16(19)18-12(2)13-7-5-4-6-8-13/h4-8,12,14-15,17H,3,9-11H2,1-2H3,(H,18,19). The SMILES string of the molecule is CCCNC1COCC1C(=O)NC(C)c1ccccc1. The fraction of sp³-hybridized carbons (Fsp3) is 0.562. The van der Waals surface area contributed by atoms with Crippen LogP contribution in [0.5, 0.6) is 0 Å². The highest BCUT2D eigenvalue weighted by atomic mass is 16.5. The highest BCUT2D eigenvalue weighted by Crippen LogP contribution is 2.17. The molecule has 3 atom stereocenters. The monoisotopic (exact) mass is 276 g/mol. The molecule has 1 aromatic carbocycles. The Morgan fingerprint density at radius 2 is 2.10 bits per heavy atom. The zero-order chi connectivity index (χ0) is 14.4. The summed E-state index contributed by atoms with van der Waals surface area (Å²) in [5.41, 5.74) is 1.12. The van der Waals surface area contributed by atoms with Crippen molar-refractivity contribution in [3.63, 3.8) is 0 Å². The van der Waals surface area contributed by atoms with Crippen LogP contribution in [0.15, 0.2) is 30.3 Å². The number of amides is 1. The van der Waals surface area contributed by atoms with Crippen molar-refractivity contribution in [2.75, 3.05) is 19.8 Å². The Kier molecular flexibility index (Phi) is 5.56. The van der Waals surface area contributed by atoms with Gasteiger partial charge in [0.25, 0.3) is 0 Å². The first-order valence-electron chi connectivity index (χ1n) is 7.38. The molecule has 1 aromatic rings. The van der Waals surface area contributed by atoms with Crippen molar-refractivity contribution in [2.45, 2.75) is 32.4 Å². The van der Waals surface area contributed by atoms with E-state index >= 15 is 0 Å². The Morgan fingerprint density at radius 3 is 2.80 bits per heavy atom. The fourth-order valence-electron chi connectivity index (χ4n) is 2.49. The van der Waals surface area contributed by atoms with Gasteiger partial charge in [-0.05, 0) is 25.5 Å². The second kappa shape index (κ2) is 7.41. The first-order chi connectivity index (χ1) is 9.72. The van der Waals surface area contributed by atoms with Crippen LogP contribution in [-0.2, 0) is 9.53 Å². The topological polar surface area (TPSA) is 50.4 Å². The number of hydrogen-bond donors (Lipinski definition) is 2. The van der Waals surface area contributed by atoms with Gasteiger partial charge in [-0.15, -0.1) is 0 Å². The maximum absolute atomic E-state index is 12.4. The summed E-state index contributed by atoms with van der Waals surface area (Å²) in [5.74, 6) is -0.0137. The summed E-state index contributed by atoms with van der Waals surface area (Å²) in [7, 11) is 0. The average molecular weight is 276 g/mol. The molecular weight excluding hydrogens is 252 g/mol. The quantitative estimate of drug-likeness (QED) is 0.834. The number of benzene rings is 1. The van der Waals surface area contributed by atoms with E-state index in [1.54, 1.807) is 0 Å². The maximum atomic E-state index is 12.4. The summed E-state index contributed by atoms with van der Waals surface area (Å²) in [6, 6.07) is 10.2. The van der Waals surface area contributed by atoms with E-state index in [0.29, 0.717) is 13.2 Å². The van der Waals surface area contributed by atoms with E-state index in [1.165, 1.54) is 0 Å². The molecule has 0 bridgehead atoms. The molecule has 0 saturated carbocycles. The van der Waals surface area contributed by atoms with E-state index in [1.807, 2.05) is 37.3 Å². The Labute approximate surface area is 120 Å². The minimum Gasteiger partial charge on any atom is -0.379 e. The van der Waals surface area contributed by atoms with Crippen molar-refractivity contribution in [3.05, 3.63) is 35.9 Å². The number of carbonyl (C=O) groups excluding carboxylic acids is 1. The Hall–Kier alpha value is -1.39. The number of nitrogens with one attached hydrogen (secondary N) is 2. The lowest BCUT2D eigenvalue weighted by molar-refractivity contribution is -0.126. The van der Waals surface area contributed by atoms with E-state index < -0.39 is 0 Å². The largest absolute Gasteiger partial charge is 0.379 e. The molecule has 4 heteroatoms. The van der Waals surface area contributed by atoms with Crippen molar-refractivity contribution in [1.82, 2.24) is 10.6 Å². The van der Waals surface area contributed by atoms with Gasteiger partial charge in [0.05, 0.1) is 25.2 Å². The molecule has 0 spiro atoms. The van der Waals surface area contributed by atoms with Crippen LogP contribution >= 0.6 is 0 Å². The molecule has 110 valence electrons. The van der Waals surface area contributed by atoms with Crippen LogP contribution in [-0.4, -0.2) is 31.7 Å². The minimum absolute atomic E-state index is 0.0242. The summed E-state index contributed by atoms with van der Waals surface area (Å²) >= 11 is 0. The predicted molar refractivity (Wildman–Crippen MR) is 79.4 cm³/mol. The molecule has 2 rings (SSSR count). The lowest BCUT2D eigenvalue weighted by atomic mass is 10.0. The second-order valence-electron chi connectivity index (χ2n) is 5.35. The normalized spacial score (nSPS) is 23.5. The number of rotatable bonds is 6.